The average molecular weight is 528 g/mol. The van der Waals surface area contributed by atoms with Gasteiger partial charge in [-0.3, -0.25) is 0 Å². The molecule has 2 atom stereocenters. The Morgan fingerprint density at radius 3 is 2.90 bits per heavy atom. The van der Waals surface area contributed by atoms with Crippen LogP contribution in [-0.2, 0) is 24.3 Å². The molecule has 1 aliphatic rings. The highest BCUT2D eigenvalue weighted by molar-refractivity contribution is 14.0. The number of guanidine groups is 1. The van der Waals surface area contributed by atoms with Gasteiger partial charge < -0.3 is 20.1 Å². The predicted molar refractivity (Wildman–Crippen MR) is 129 cm³/mol. The van der Waals surface area contributed by atoms with Crippen LogP contribution in [0.1, 0.15) is 37.5 Å². The number of para-hydroxylation sites is 1. The van der Waals surface area contributed by atoms with E-state index in [1.165, 1.54) is 0 Å². The van der Waals surface area contributed by atoms with Crippen LogP contribution in [0.4, 0.5) is 0 Å². The number of halogens is 1. The van der Waals surface area contributed by atoms with Crippen LogP contribution in [0.25, 0.3) is 0 Å². The lowest BCUT2D eigenvalue weighted by Crippen LogP contribution is -2.47. The van der Waals surface area contributed by atoms with Gasteiger partial charge in [0, 0.05) is 26.1 Å². The van der Waals surface area contributed by atoms with E-state index in [0.29, 0.717) is 13.2 Å². The van der Waals surface area contributed by atoms with Crippen molar-refractivity contribution in [2.75, 3.05) is 20.2 Å². The zero-order valence-corrected chi connectivity index (χ0v) is 20.6. The van der Waals surface area contributed by atoms with Crippen molar-refractivity contribution in [1.29, 1.82) is 0 Å². The van der Waals surface area contributed by atoms with Crippen LogP contribution in [0.15, 0.2) is 29.3 Å². The third-order valence-electron chi connectivity index (χ3n) is 4.79. The highest BCUT2D eigenvalue weighted by Gasteiger charge is 2.22. The molecule has 30 heavy (non-hydrogen) atoms. The van der Waals surface area contributed by atoms with Crippen LogP contribution in [0.5, 0.6) is 5.75 Å². The summed E-state index contributed by atoms with van der Waals surface area (Å²) in [6.07, 6.45) is 1.86. The van der Waals surface area contributed by atoms with Crippen molar-refractivity contribution in [1.82, 2.24) is 25.4 Å². The lowest BCUT2D eigenvalue weighted by molar-refractivity contribution is 0.177. The molecule has 0 radical (unpaired) electrons. The Kier molecular flexibility index (Phi) is 9.83. The third-order valence-corrected chi connectivity index (χ3v) is 4.79. The van der Waals surface area contributed by atoms with Gasteiger partial charge in [-0.15, -0.1) is 24.0 Å². The standard InChI is InChI=1S/C21H32N6O2.HI/c1-5-22-21(23-12-16(3)29-18-9-7-6-8-15(18)2)24-17-10-11-20-25-19(14-28-4)26-27(20)13-17;/h6-9,16-17H,5,10-14H2,1-4H3,(H2,22,23,24);1H. The Morgan fingerprint density at radius 1 is 1.37 bits per heavy atom. The molecule has 1 aromatic carbocycles. The minimum absolute atomic E-state index is 0. The van der Waals surface area contributed by atoms with Gasteiger partial charge in [0.05, 0.1) is 13.1 Å². The van der Waals surface area contributed by atoms with Gasteiger partial charge >= 0.3 is 0 Å². The first-order valence-electron chi connectivity index (χ1n) is 10.3. The van der Waals surface area contributed by atoms with Gasteiger partial charge in [0.25, 0.3) is 0 Å². The predicted octanol–water partition coefficient (Wildman–Crippen LogP) is 2.69. The first kappa shape index (κ1) is 24.4. The van der Waals surface area contributed by atoms with Crippen LogP contribution in [0, 0.1) is 6.92 Å². The molecule has 0 saturated heterocycles. The van der Waals surface area contributed by atoms with E-state index < -0.39 is 0 Å². The number of fused-ring (bicyclic) bond motifs is 1. The molecule has 2 aromatic rings. The fraction of sp³-hybridized carbons (Fsp3) is 0.571. The minimum atomic E-state index is -0.0172. The van der Waals surface area contributed by atoms with Gasteiger partial charge in [-0.2, -0.15) is 5.10 Å². The summed E-state index contributed by atoms with van der Waals surface area (Å²) in [5.41, 5.74) is 1.13. The van der Waals surface area contributed by atoms with E-state index in [1.807, 2.05) is 29.8 Å². The molecule has 0 bridgehead atoms. The molecule has 2 N–H and O–H groups in total. The fourth-order valence-electron chi connectivity index (χ4n) is 3.34. The minimum Gasteiger partial charge on any atom is -0.489 e. The maximum atomic E-state index is 6.04. The van der Waals surface area contributed by atoms with Gasteiger partial charge in [-0.1, -0.05) is 18.2 Å². The zero-order chi connectivity index (χ0) is 20.6. The molecule has 0 fully saturated rings. The van der Waals surface area contributed by atoms with Crippen molar-refractivity contribution in [3.8, 4) is 5.75 Å². The van der Waals surface area contributed by atoms with Crippen LogP contribution in [0.3, 0.4) is 0 Å². The van der Waals surface area contributed by atoms with Gasteiger partial charge in [0.2, 0.25) is 0 Å². The van der Waals surface area contributed by atoms with E-state index in [0.717, 1.165) is 54.9 Å². The normalized spacial score (nSPS) is 16.9. The molecule has 1 aliphatic heterocycles. The van der Waals surface area contributed by atoms with E-state index in [4.69, 9.17) is 14.5 Å². The van der Waals surface area contributed by atoms with Gasteiger partial charge in [0.15, 0.2) is 11.8 Å². The fourth-order valence-corrected chi connectivity index (χ4v) is 3.34. The van der Waals surface area contributed by atoms with Crippen molar-refractivity contribution in [2.24, 2.45) is 4.99 Å². The summed E-state index contributed by atoms with van der Waals surface area (Å²) in [5, 5.41) is 11.4. The molecular weight excluding hydrogens is 495 g/mol. The highest BCUT2D eigenvalue weighted by Crippen LogP contribution is 2.18. The van der Waals surface area contributed by atoms with Crippen LogP contribution >= 0.6 is 24.0 Å². The maximum Gasteiger partial charge on any atom is 0.191 e. The third kappa shape index (κ3) is 6.83. The summed E-state index contributed by atoms with van der Waals surface area (Å²) in [5.74, 6) is 3.48. The maximum absolute atomic E-state index is 6.04. The lowest BCUT2D eigenvalue weighted by atomic mass is 10.1. The zero-order valence-electron chi connectivity index (χ0n) is 18.2. The number of hydrogen-bond donors (Lipinski definition) is 2. The molecular formula is C21H33IN6O2. The van der Waals surface area contributed by atoms with Crippen molar-refractivity contribution in [2.45, 2.75) is 58.9 Å². The monoisotopic (exact) mass is 528 g/mol. The molecule has 2 heterocycles. The van der Waals surface area contributed by atoms with E-state index in [-0.39, 0.29) is 36.1 Å². The van der Waals surface area contributed by atoms with Crippen molar-refractivity contribution in [3.63, 3.8) is 0 Å². The molecule has 1 aromatic heterocycles. The van der Waals surface area contributed by atoms with Crippen LogP contribution in [-0.4, -0.2) is 53.1 Å². The number of nitrogens with zero attached hydrogens (tertiary/aromatic N) is 4. The summed E-state index contributed by atoms with van der Waals surface area (Å²) in [4.78, 5) is 9.26. The highest BCUT2D eigenvalue weighted by atomic mass is 127. The van der Waals surface area contributed by atoms with E-state index in [9.17, 15) is 0 Å². The molecule has 8 nitrogen and oxygen atoms in total. The molecule has 0 spiro atoms. The molecule has 9 heteroatoms. The first-order valence-corrected chi connectivity index (χ1v) is 10.3. The number of hydrogen-bond acceptors (Lipinski definition) is 5. The SMILES string of the molecule is CCNC(=NCC(C)Oc1ccccc1C)NC1CCc2nc(COC)nn2C1.I. The molecule has 3 rings (SSSR count). The summed E-state index contributed by atoms with van der Waals surface area (Å²) in [6, 6.07) is 8.31. The second-order valence-corrected chi connectivity index (χ2v) is 7.35. The summed E-state index contributed by atoms with van der Waals surface area (Å²) >= 11 is 0. The van der Waals surface area contributed by atoms with Crippen LogP contribution < -0.4 is 15.4 Å². The number of methoxy groups -OCH3 is 1. The van der Waals surface area contributed by atoms with E-state index in [1.54, 1.807) is 7.11 Å². The Bertz CT molecular complexity index is 826. The molecule has 0 aliphatic carbocycles. The van der Waals surface area contributed by atoms with E-state index in [2.05, 4.69) is 40.6 Å². The van der Waals surface area contributed by atoms with Gasteiger partial charge in [-0.05, 0) is 38.8 Å². The van der Waals surface area contributed by atoms with Gasteiger partial charge in [0.1, 0.15) is 24.3 Å². The smallest absolute Gasteiger partial charge is 0.191 e. The average Bonchev–Trinajstić information content (AvgIpc) is 3.10. The topological polar surface area (TPSA) is 85.6 Å². The number of nitrogens with one attached hydrogen (secondary N) is 2. The Morgan fingerprint density at radius 2 is 2.17 bits per heavy atom. The van der Waals surface area contributed by atoms with E-state index >= 15 is 0 Å². The first-order chi connectivity index (χ1) is 14.1. The summed E-state index contributed by atoms with van der Waals surface area (Å²) in [6.45, 7) is 8.75. The van der Waals surface area contributed by atoms with Crippen molar-refractivity contribution >= 4 is 29.9 Å². The Balaban J connectivity index is 0.00000320. The largest absolute Gasteiger partial charge is 0.489 e. The number of rotatable bonds is 8. The number of ether oxygens (including phenoxy) is 2. The Labute approximate surface area is 195 Å². The molecule has 2 unspecified atom stereocenters. The quantitative estimate of drug-likeness (QED) is 0.312. The number of benzene rings is 1. The Hall–Kier alpha value is -1.88. The number of aliphatic imine (C=N–C) groups is 1. The summed E-state index contributed by atoms with van der Waals surface area (Å²) < 4.78 is 13.2. The number of aryl methyl sites for hydroxylation is 2. The molecule has 0 amide bonds. The second kappa shape index (κ2) is 12.1. The molecule has 0 saturated carbocycles. The lowest BCUT2D eigenvalue weighted by Gasteiger charge is -2.25. The van der Waals surface area contributed by atoms with Gasteiger partial charge in [-0.25, -0.2) is 14.7 Å². The van der Waals surface area contributed by atoms with Crippen molar-refractivity contribution in [3.05, 3.63) is 41.5 Å². The number of aromatic nitrogens is 3. The molecule has 166 valence electrons. The van der Waals surface area contributed by atoms with Crippen molar-refractivity contribution < 1.29 is 9.47 Å². The van der Waals surface area contributed by atoms with Crippen LogP contribution in [0.2, 0.25) is 0 Å². The summed E-state index contributed by atoms with van der Waals surface area (Å²) in [7, 11) is 1.66. The second-order valence-electron chi connectivity index (χ2n) is 7.35.